The second kappa shape index (κ2) is 6.45. The second-order valence-electron chi connectivity index (χ2n) is 4.37. The van der Waals surface area contributed by atoms with Crippen molar-refractivity contribution in [3.05, 3.63) is 16.1 Å². The maximum atomic E-state index is 5.69. The molecule has 0 saturated carbocycles. The highest BCUT2D eigenvalue weighted by molar-refractivity contribution is 7.16. The van der Waals surface area contributed by atoms with Crippen LogP contribution >= 0.6 is 22.7 Å². The van der Waals surface area contributed by atoms with Crippen molar-refractivity contribution in [2.24, 2.45) is 0 Å². The van der Waals surface area contributed by atoms with Crippen LogP contribution in [0.15, 0.2) is 5.38 Å². The number of nitrogens with two attached hydrogens (primary N) is 1. The van der Waals surface area contributed by atoms with Crippen LogP contribution in [0.1, 0.15) is 24.5 Å². The van der Waals surface area contributed by atoms with Crippen LogP contribution in [0.25, 0.3) is 10.6 Å². The first kappa shape index (κ1) is 14.4. The van der Waals surface area contributed by atoms with Crippen molar-refractivity contribution in [3.63, 3.8) is 0 Å². The number of thiazole rings is 2. The highest BCUT2D eigenvalue weighted by Gasteiger charge is 2.13. The van der Waals surface area contributed by atoms with Gasteiger partial charge in [-0.25, -0.2) is 9.97 Å². The number of hydrogen-bond acceptors (Lipinski definition) is 6. The third-order valence-electron chi connectivity index (χ3n) is 3.13. The summed E-state index contributed by atoms with van der Waals surface area (Å²) in [6, 6.07) is 0. The second-order valence-corrected chi connectivity index (χ2v) is 6.34. The fourth-order valence-corrected chi connectivity index (χ4v) is 3.62. The lowest BCUT2D eigenvalue weighted by Crippen LogP contribution is -2.25. The first-order chi connectivity index (χ1) is 9.13. The Bertz CT molecular complexity index is 528. The number of nitrogen functional groups attached to an aromatic ring is 1. The Hall–Kier alpha value is -0.980. The predicted molar refractivity (Wildman–Crippen MR) is 83.9 cm³/mol. The normalized spacial score (nSPS) is 11.4. The summed E-state index contributed by atoms with van der Waals surface area (Å²) < 4.78 is 0. The van der Waals surface area contributed by atoms with Crippen LogP contribution in [0.5, 0.6) is 0 Å². The van der Waals surface area contributed by atoms with Gasteiger partial charge in [-0.05, 0) is 20.0 Å². The number of aryl methyl sites for hydroxylation is 1. The Kier molecular flexibility index (Phi) is 4.90. The van der Waals surface area contributed by atoms with Gasteiger partial charge in [0.25, 0.3) is 0 Å². The maximum Gasteiger partial charge on any atom is 0.180 e. The average molecular weight is 296 g/mol. The van der Waals surface area contributed by atoms with Crippen LogP contribution in [0, 0.1) is 6.92 Å². The lowest BCUT2D eigenvalue weighted by molar-refractivity contribution is 0.308. The van der Waals surface area contributed by atoms with Crippen molar-refractivity contribution in [1.29, 1.82) is 0 Å². The van der Waals surface area contributed by atoms with Crippen LogP contribution < -0.4 is 5.73 Å². The van der Waals surface area contributed by atoms with E-state index in [1.165, 1.54) is 16.3 Å². The van der Waals surface area contributed by atoms with Crippen molar-refractivity contribution in [2.45, 2.75) is 27.2 Å². The van der Waals surface area contributed by atoms with E-state index in [1.54, 1.807) is 11.3 Å². The molecule has 0 fully saturated rings. The fraction of sp³-hybridized carbons (Fsp3) is 0.538. The van der Waals surface area contributed by atoms with Gasteiger partial charge in [-0.15, -0.1) is 22.7 Å². The molecule has 0 aliphatic rings. The van der Waals surface area contributed by atoms with Gasteiger partial charge in [-0.3, -0.25) is 0 Å². The van der Waals surface area contributed by atoms with Crippen LogP contribution in [-0.2, 0) is 6.42 Å². The van der Waals surface area contributed by atoms with Crippen LogP contribution in [0.4, 0.5) is 5.13 Å². The van der Waals surface area contributed by atoms with Crippen molar-refractivity contribution in [3.8, 4) is 10.6 Å². The van der Waals surface area contributed by atoms with E-state index in [2.05, 4.69) is 28.7 Å². The number of rotatable bonds is 6. The zero-order valence-corrected chi connectivity index (χ0v) is 13.3. The summed E-state index contributed by atoms with van der Waals surface area (Å²) in [5.74, 6) is 0. The third kappa shape index (κ3) is 3.52. The van der Waals surface area contributed by atoms with Gasteiger partial charge in [-0.1, -0.05) is 13.8 Å². The largest absolute Gasteiger partial charge is 0.375 e. The van der Waals surface area contributed by atoms with E-state index < -0.39 is 0 Å². The Morgan fingerprint density at radius 2 is 2.00 bits per heavy atom. The predicted octanol–water partition coefficient (Wildman–Crippen LogP) is 3.04. The van der Waals surface area contributed by atoms with Gasteiger partial charge >= 0.3 is 0 Å². The number of nitrogens with zero attached hydrogens (tertiary/aromatic N) is 3. The minimum Gasteiger partial charge on any atom is -0.375 e. The molecule has 0 aliphatic heterocycles. The number of likely N-dealkylation sites (N-methyl/N-ethyl adjacent to an activating group) is 1. The lowest BCUT2D eigenvalue weighted by Gasteiger charge is -2.16. The summed E-state index contributed by atoms with van der Waals surface area (Å²) in [5.41, 5.74) is 7.72. The van der Waals surface area contributed by atoms with Crippen molar-refractivity contribution >= 4 is 27.8 Å². The van der Waals surface area contributed by atoms with Crippen LogP contribution in [-0.4, -0.2) is 34.5 Å². The van der Waals surface area contributed by atoms with E-state index in [1.807, 2.05) is 12.3 Å². The molecule has 0 radical (unpaired) electrons. The van der Waals surface area contributed by atoms with E-state index in [-0.39, 0.29) is 0 Å². The molecule has 0 unspecified atom stereocenters. The Balaban J connectivity index is 2.08. The van der Waals surface area contributed by atoms with Gasteiger partial charge in [0.1, 0.15) is 0 Å². The number of hydrogen-bond donors (Lipinski definition) is 1. The van der Waals surface area contributed by atoms with E-state index in [4.69, 9.17) is 5.73 Å². The van der Waals surface area contributed by atoms with Gasteiger partial charge in [0, 0.05) is 18.3 Å². The molecule has 2 aromatic heterocycles. The zero-order chi connectivity index (χ0) is 13.8. The molecular formula is C13H20N4S2. The smallest absolute Gasteiger partial charge is 0.180 e. The first-order valence-corrected chi connectivity index (χ1v) is 8.23. The highest BCUT2D eigenvalue weighted by Crippen LogP contribution is 2.31. The molecule has 6 heteroatoms. The standard InChI is InChI=1S/C13H20N4S2/c1-4-17(5-2)7-6-11-15-9(3)12(19-11)10-8-18-13(14)16-10/h8H,4-7H2,1-3H3,(H2,14,16). The van der Waals surface area contributed by atoms with E-state index >= 15 is 0 Å². The SMILES string of the molecule is CCN(CC)CCc1nc(C)c(-c2csc(N)n2)s1. The molecule has 0 bridgehead atoms. The highest BCUT2D eigenvalue weighted by atomic mass is 32.1. The van der Waals surface area contributed by atoms with Gasteiger partial charge in [-0.2, -0.15) is 0 Å². The Morgan fingerprint density at radius 3 is 2.58 bits per heavy atom. The molecule has 104 valence electrons. The topological polar surface area (TPSA) is 55.0 Å². The summed E-state index contributed by atoms with van der Waals surface area (Å²) in [5, 5.41) is 3.81. The van der Waals surface area contributed by atoms with E-state index in [0.717, 1.165) is 42.3 Å². The van der Waals surface area contributed by atoms with Crippen molar-refractivity contribution in [2.75, 3.05) is 25.4 Å². The number of aromatic nitrogens is 2. The van der Waals surface area contributed by atoms with Crippen LogP contribution in [0.3, 0.4) is 0 Å². The van der Waals surface area contributed by atoms with Crippen molar-refractivity contribution < 1.29 is 0 Å². The molecule has 0 saturated heterocycles. The third-order valence-corrected chi connectivity index (χ3v) is 5.05. The molecule has 4 nitrogen and oxygen atoms in total. The molecule has 0 spiro atoms. The van der Waals surface area contributed by atoms with Crippen LogP contribution in [0.2, 0.25) is 0 Å². The number of anilines is 1. The Morgan fingerprint density at radius 1 is 1.26 bits per heavy atom. The summed E-state index contributed by atoms with van der Waals surface area (Å²) >= 11 is 3.22. The minimum atomic E-state index is 0.618. The van der Waals surface area contributed by atoms with E-state index in [0.29, 0.717) is 5.13 Å². The summed E-state index contributed by atoms with van der Waals surface area (Å²) in [6.45, 7) is 9.69. The molecule has 0 amide bonds. The van der Waals surface area contributed by atoms with Crippen molar-refractivity contribution in [1.82, 2.24) is 14.9 Å². The first-order valence-electron chi connectivity index (χ1n) is 6.54. The summed E-state index contributed by atoms with van der Waals surface area (Å²) in [4.78, 5) is 12.6. The van der Waals surface area contributed by atoms with Gasteiger partial charge in [0.15, 0.2) is 5.13 Å². The molecule has 19 heavy (non-hydrogen) atoms. The van der Waals surface area contributed by atoms with E-state index in [9.17, 15) is 0 Å². The quantitative estimate of drug-likeness (QED) is 0.890. The molecular weight excluding hydrogens is 276 g/mol. The van der Waals surface area contributed by atoms with Gasteiger partial charge < -0.3 is 10.6 Å². The minimum absolute atomic E-state index is 0.618. The summed E-state index contributed by atoms with van der Waals surface area (Å²) in [6.07, 6.45) is 1.01. The maximum absolute atomic E-state index is 5.69. The lowest BCUT2D eigenvalue weighted by atomic mass is 10.3. The molecule has 2 rings (SSSR count). The molecule has 2 N–H and O–H groups in total. The summed E-state index contributed by atoms with van der Waals surface area (Å²) in [7, 11) is 0. The monoisotopic (exact) mass is 296 g/mol. The Labute approximate surface area is 122 Å². The zero-order valence-electron chi connectivity index (χ0n) is 11.6. The molecule has 0 aliphatic carbocycles. The fourth-order valence-electron chi connectivity index (χ4n) is 1.98. The molecule has 0 atom stereocenters. The van der Waals surface area contributed by atoms with Gasteiger partial charge in [0.2, 0.25) is 0 Å². The van der Waals surface area contributed by atoms with Gasteiger partial charge in [0.05, 0.1) is 21.3 Å². The molecule has 2 heterocycles. The molecule has 2 aromatic rings. The average Bonchev–Trinajstić information content (AvgIpc) is 2.97. The molecule has 0 aromatic carbocycles.